The maximum absolute atomic E-state index is 9.64. The molecule has 25 heavy (non-hydrogen) atoms. The molecule has 0 aliphatic carbocycles. The van der Waals surface area contributed by atoms with Crippen molar-refractivity contribution in [3.8, 4) is 17.6 Å². The fourth-order valence-electron chi connectivity index (χ4n) is 2.71. The summed E-state index contributed by atoms with van der Waals surface area (Å²) in [6.07, 6.45) is 1.73. The van der Waals surface area contributed by atoms with Crippen molar-refractivity contribution in [1.82, 2.24) is 15.0 Å². The third-order valence-electron chi connectivity index (χ3n) is 3.95. The molecule has 2 aromatic heterocycles. The Morgan fingerprint density at radius 3 is 2.72 bits per heavy atom. The molecule has 0 aliphatic rings. The molecule has 0 saturated heterocycles. The van der Waals surface area contributed by atoms with Crippen LogP contribution in [0.4, 0.5) is 0 Å². The van der Waals surface area contributed by atoms with E-state index in [-0.39, 0.29) is 0 Å². The number of aromatic nitrogens is 3. The molecule has 3 aromatic rings. The number of hydrogen-bond donors (Lipinski definition) is 1. The van der Waals surface area contributed by atoms with E-state index in [0.29, 0.717) is 10.9 Å². The third-order valence-corrected chi connectivity index (χ3v) is 4.93. The molecule has 2 heterocycles. The molecule has 0 amide bonds. The number of imidazole rings is 1. The number of methoxy groups -OCH3 is 2. The Morgan fingerprint density at radius 2 is 2.04 bits per heavy atom. The highest BCUT2D eigenvalue weighted by atomic mass is 32.2. The summed E-state index contributed by atoms with van der Waals surface area (Å²) in [5.74, 6) is 1.51. The number of rotatable bonds is 5. The molecule has 0 aliphatic heterocycles. The van der Waals surface area contributed by atoms with Gasteiger partial charge in [0.1, 0.15) is 16.7 Å². The Labute approximate surface area is 150 Å². The first-order valence-corrected chi connectivity index (χ1v) is 8.55. The summed E-state index contributed by atoms with van der Waals surface area (Å²) in [4.78, 5) is 12.2. The number of fused-ring (bicyclic) bond motifs is 1. The molecule has 128 valence electrons. The van der Waals surface area contributed by atoms with E-state index in [1.807, 2.05) is 32.0 Å². The molecule has 1 aromatic carbocycles. The van der Waals surface area contributed by atoms with Crippen LogP contribution < -0.4 is 9.47 Å². The van der Waals surface area contributed by atoms with Gasteiger partial charge in [-0.05, 0) is 26.0 Å². The van der Waals surface area contributed by atoms with Gasteiger partial charge in [-0.3, -0.25) is 4.98 Å². The lowest BCUT2D eigenvalue weighted by molar-refractivity contribution is 0.407. The Bertz CT molecular complexity index is 962. The van der Waals surface area contributed by atoms with Crippen LogP contribution in [0.1, 0.15) is 22.1 Å². The molecule has 0 spiro atoms. The number of ether oxygens (including phenoxy) is 2. The van der Waals surface area contributed by atoms with Crippen LogP contribution >= 0.6 is 11.8 Å². The third kappa shape index (κ3) is 3.26. The van der Waals surface area contributed by atoms with Crippen LogP contribution in [0.15, 0.2) is 29.6 Å². The molecule has 6 nitrogen and oxygen atoms in total. The predicted octanol–water partition coefficient (Wildman–Crippen LogP) is 3.95. The fraction of sp³-hybridized carbons (Fsp3) is 0.278. The predicted molar refractivity (Wildman–Crippen MR) is 97.1 cm³/mol. The van der Waals surface area contributed by atoms with Gasteiger partial charge in [-0.25, -0.2) is 4.98 Å². The van der Waals surface area contributed by atoms with E-state index in [9.17, 15) is 5.26 Å². The molecule has 0 fully saturated rings. The van der Waals surface area contributed by atoms with Gasteiger partial charge in [0, 0.05) is 23.4 Å². The molecular weight excluding hydrogens is 336 g/mol. The first-order chi connectivity index (χ1) is 12.1. The molecular formula is C18H18N4O2S. The summed E-state index contributed by atoms with van der Waals surface area (Å²) >= 11 is 1.33. The van der Waals surface area contributed by atoms with Crippen LogP contribution in [0.5, 0.6) is 11.5 Å². The monoisotopic (exact) mass is 354 g/mol. The lowest BCUT2D eigenvalue weighted by atomic mass is 10.1. The van der Waals surface area contributed by atoms with Crippen LogP contribution in [-0.2, 0) is 0 Å². The van der Waals surface area contributed by atoms with Crippen molar-refractivity contribution < 1.29 is 9.47 Å². The highest BCUT2D eigenvalue weighted by molar-refractivity contribution is 7.99. The second kappa shape index (κ2) is 7.03. The molecule has 1 N–H and O–H groups in total. The molecule has 7 heteroatoms. The zero-order chi connectivity index (χ0) is 18.0. The standard InChI is InChI=1S/C18H18N4O2S/c1-10-9-20-16(11(2)17(10)24-4)15(8-19)25-18-21-13-6-5-12(23-3)7-14(13)22-18/h5-7,9,15H,1-4H3,(H,21,22). The number of nitrogens with one attached hydrogen (secondary N) is 1. The van der Waals surface area contributed by atoms with Crippen molar-refractivity contribution in [3.63, 3.8) is 0 Å². The molecule has 0 saturated carbocycles. The lowest BCUT2D eigenvalue weighted by Gasteiger charge is -2.14. The average molecular weight is 354 g/mol. The van der Waals surface area contributed by atoms with Crippen molar-refractivity contribution in [2.24, 2.45) is 0 Å². The minimum absolute atomic E-state index is 0.489. The van der Waals surface area contributed by atoms with Crippen LogP contribution in [0, 0.1) is 25.2 Å². The lowest BCUT2D eigenvalue weighted by Crippen LogP contribution is -2.03. The van der Waals surface area contributed by atoms with E-state index in [0.717, 1.165) is 33.7 Å². The average Bonchev–Trinajstić information content (AvgIpc) is 3.02. The Kier molecular flexibility index (Phi) is 4.81. The number of hydrogen-bond acceptors (Lipinski definition) is 6. The smallest absolute Gasteiger partial charge is 0.168 e. The van der Waals surface area contributed by atoms with Crippen molar-refractivity contribution in [2.75, 3.05) is 14.2 Å². The van der Waals surface area contributed by atoms with Crippen LogP contribution in [0.25, 0.3) is 11.0 Å². The van der Waals surface area contributed by atoms with E-state index in [4.69, 9.17) is 9.47 Å². The molecule has 0 radical (unpaired) electrons. The van der Waals surface area contributed by atoms with Gasteiger partial charge in [0.2, 0.25) is 0 Å². The number of benzene rings is 1. The Balaban J connectivity index is 1.94. The largest absolute Gasteiger partial charge is 0.497 e. The number of nitrogens with zero attached hydrogens (tertiary/aromatic N) is 3. The van der Waals surface area contributed by atoms with Crippen LogP contribution in [-0.4, -0.2) is 29.2 Å². The maximum atomic E-state index is 9.64. The summed E-state index contributed by atoms with van der Waals surface area (Å²) in [6.45, 7) is 3.85. The van der Waals surface area contributed by atoms with Gasteiger partial charge in [-0.15, -0.1) is 0 Å². The van der Waals surface area contributed by atoms with Crippen LogP contribution in [0.3, 0.4) is 0 Å². The number of H-pyrrole nitrogens is 1. The highest BCUT2D eigenvalue weighted by Crippen LogP contribution is 2.37. The second-order valence-electron chi connectivity index (χ2n) is 5.54. The Hall–Kier alpha value is -2.72. The number of aryl methyl sites for hydroxylation is 1. The van der Waals surface area contributed by atoms with Crippen molar-refractivity contribution >= 4 is 22.8 Å². The molecule has 0 bridgehead atoms. The molecule has 1 atom stereocenters. The van der Waals surface area contributed by atoms with Gasteiger partial charge in [0.25, 0.3) is 0 Å². The highest BCUT2D eigenvalue weighted by Gasteiger charge is 2.21. The molecule has 1 unspecified atom stereocenters. The number of nitriles is 1. The summed E-state index contributed by atoms with van der Waals surface area (Å²) in [5, 5.41) is 9.82. The summed E-state index contributed by atoms with van der Waals surface area (Å²) in [6, 6.07) is 7.94. The summed E-state index contributed by atoms with van der Waals surface area (Å²) in [7, 11) is 3.24. The zero-order valence-electron chi connectivity index (χ0n) is 14.5. The van der Waals surface area contributed by atoms with Gasteiger partial charge < -0.3 is 14.5 Å². The number of pyridine rings is 1. The van der Waals surface area contributed by atoms with Gasteiger partial charge in [-0.1, -0.05) is 11.8 Å². The van der Waals surface area contributed by atoms with Gasteiger partial charge in [0.05, 0.1) is 37.0 Å². The van der Waals surface area contributed by atoms with Gasteiger partial charge >= 0.3 is 0 Å². The van der Waals surface area contributed by atoms with E-state index in [1.165, 1.54) is 11.8 Å². The topological polar surface area (TPSA) is 83.8 Å². The van der Waals surface area contributed by atoms with E-state index < -0.39 is 5.25 Å². The van der Waals surface area contributed by atoms with Crippen molar-refractivity contribution in [2.45, 2.75) is 24.3 Å². The summed E-state index contributed by atoms with van der Waals surface area (Å²) < 4.78 is 10.7. The second-order valence-corrected chi connectivity index (χ2v) is 6.63. The van der Waals surface area contributed by atoms with E-state index in [1.54, 1.807) is 20.4 Å². The number of thioether (sulfide) groups is 1. The van der Waals surface area contributed by atoms with Gasteiger partial charge in [0.15, 0.2) is 5.16 Å². The normalized spacial score (nSPS) is 12.0. The minimum atomic E-state index is -0.489. The first kappa shape index (κ1) is 17.1. The van der Waals surface area contributed by atoms with E-state index >= 15 is 0 Å². The molecule has 3 rings (SSSR count). The minimum Gasteiger partial charge on any atom is -0.497 e. The zero-order valence-corrected chi connectivity index (χ0v) is 15.3. The maximum Gasteiger partial charge on any atom is 0.168 e. The number of aromatic amines is 1. The SMILES string of the molecule is COc1ccc2[nH]c(SC(C#N)c3ncc(C)c(OC)c3C)nc2c1. The quantitative estimate of drug-likeness (QED) is 0.699. The van der Waals surface area contributed by atoms with Crippen LogP contribution in [0.2, 0.25) is 0 Å². The van der Waals surface area contributed by atoms with E-state index in [2.05, 4.69) is 21.0 Å². The van der Waals surface area contributed by atoms with Crippen molar-refractivity contribution in [1.29, 1.82) is 5.26 Å². The first-order valence-electron chi connectivity index (χ1n) is 7.67. The Morgan fingerprint density at radius 1 is 1.24 bits per heavy atom. The van der Waals surface area contributed by atoms with Crippen molar-refractivity contribution in [3.05, 3.63) is 41.2 Å². The fourth-order valence-corrected chi connectivity index (χ4v) is 3.66. The van der Waals surface area contributed by atoms with Gasteiger partial charge in [-0.2, -0.15) is 5.26 Å². The summed E-state index contributed by atoms with van der Waals surface area (Å²) in [5.41, 5.74) is 4.20.